The third-order valence-electron chi connectivity index (χ3n) is 2.07. The van der Waals surface area contributed by atoms with Gasteiger partial charge in [-0.3, -0.25) is 4.79 Å². The highest BCUT2D eigenvalue weighted by Gasteiger charge is 2.04. The number of aryl methyl sites for hydroxylation is 1. The molecule has 0 atom stereocenters. The Morgan fingerprint density at radius 1 is 1.50 bits per heavy atom. The average molecular weight is 222 g/mol. The van der Waals surface area contributed by atoms with Crippen LogP contribution in [0.1, 0.15) is 19.4 Å². The first-order chi connectivity index (χ1) is 7.49. The van der Waals surface area contributed by atoms with Crippen LogP contribution in [0.5, 0.6) is 5.75 Å². The van der Waals surface area contributed by atoms with Crippen LogP contribution in [-0.4, -0.2) is 18.6 Å². The van der Waals surface area contributed by atoms with Crippen LogP contribution in [0.4, 0.5) is 5.69 Å². The Hall–Kier alpha value is -1.71. The van der Waals surface area contributed by atoms with Crippen molar-refractivity contribution in [3.63, 3.8) is 0 Å². The van der Waals surface area contributed by atoms with Crippen LogP contribution in [0.25, 0.3) is 0 Å². The van der Waals surface area contributed by atoms with Gasteiger partial charge in [-0.1, -0.05) is 6.07 Å². The molecule has 1 aromatic rings. The van der Waals surface area contributed by atoms with Crippen molar-refractivity contribution in [1.82, 2.24) is 5.32 Å². The number of carbonyl (C=O) groups is 1. The summed E-state index contributed by atoms with van der Waals surface area (Å²) in [4.78, 5) is 11.3. The molecule has 1 rings (SSSR count). The molecule has 0 aliphatic carbocycles. The third kappa shape index (κ3) is 3.81. The Morgan fingerprint density at radius 3 is 2.75 bits per heavy atom. The Morgan fingerprint density at radius 2 is 2.19 bits per heavy atom. The zero-order chi connectivity index (χ0) is 12.1. The number of anilines is 1. The van der Waals surface area contributed by atoms with Gasteiger partial charge in [0.15, 0.2) is 6.61 Å². The van der Waals surface area contributed by atoms with Crippen LogP contribution in [0.2, 0.25) is 0 Å². The van der Waals surface area contributed by atoms with Crippen molar-refractivity contribution in [3.05, 3.63) is 23.8 Å². The first-order valence-electron chi connectivity index (χ1n) is 5.27. The van der Waals surface area contributed by atoms with Crippen molar-refractivity contribution in [3.8, 4) is 5.75 Å². The predicted octanol–water partition coefficient (Wildman–Crippen LogP) is 1.48. The average Bonchev–Trinajstić information content (AvgIpc) is 2.19. The topological polar surface area (TPSA) is 64.3 Å². The van der Waals surface area contributed by atoms with Gasteiger partial charge in [0.1, 0.15) is 5.75 Å². The van der Waals surface area contributed by atoms with Gasteiger partial charge in [-0.2, -0.15) is 0 Å². The van der Waals surface area contributed by atoms with Crippen molar-refractivity contribution in [2.45, 2.75) is 26.8 Å². The zero-order valence-electron chi connectivity index (χ0n) is 9.91. The molecule has 4 nitrogen and oxygen atoms in total. The molecule has 3 N–H and O–H groups in total. The molecule has 4 heteroatoms. The van der Waals surface area contributed by atoms with Gasteiger partial charge in [0.2, 0.25) is 0 Å². The molecule has 1 amide bonds. The van der Waals surface area contributed by atoms with E-state index in [2.05, 4.69) is 5.32 Å². The predicted molar refractivity (Wildman–Crippen MR) is 64.4 cm³/mol. The second-order valence-corrected chi connectivity index (χ2v) is 4.03. The molecule has 0 radical (unpaired) electrons. The molecule has 0 spiro atoms. The van der Waals surface area contributed by atoms with Crippen molar-refractivity contribution in [2.75, 3.05) is 12.3 Å². The standard InChI is InChI=1S/C12H18N2O2/c1-8(2)14-12(15)7-16-10-5-4-9(3)11(13)6-10/h4-6,8H,7,13H2,1-3H3,(H,14,15). The van der Waals surface area contributed by atoms with E-state index in [1.165, 1.54) is 0 Å². The lowest BCUT2D eigenvalue weighted by Gasteiger charge is -2.10. The molecule has 0 heterocycles. The van der Waals surface area contributed by atoms with Gasteiger partial charge in [0.05, 0.1) is 0 Å². The molecule has 0 unspecified atom stereocenters. The minimum Gasteiger partial charge on any atom is -0.484 e. The lowest BCUT2D eigenvalue weighted by Crippen LogP contribution is -2.34. The summed E-state index contributed by atoms with van der Waals surface area (Å²) in [5, 5.41) is 2.74. The van der Waals surface area contributed by atoms with Crippen molar-refractivity contribution >= 4 is 11.6 Å². The summed E-state index contributed by atoms with van der Waals surface area (Å²) >= 11 is 0. The van der Waals surface area contributed by atoms with Crippen LogP contribution in [-0.2, 0) is 4.79 Å². The molecular formula is C12H18N2O2. The van der Waals surface area contributed by atoms with E-state index in [1.807, 2.05) is 26.8 Å². The van der Waals surface area contributed by atoms with E-state index in [-0.39, 0.29) is 18.6 Å². The lowest BCUT2D eigenvalue weighted by atomic mass is 10.2. The Bertz CT molecular complexity index is 375. The maximum absolute atomic E-state index is 11.3. The van der Waals surface area contributed by atoms with Crippen LogP contribution in [0.3, 0.4) is 0 Å². The quantitative estimate of drug-likeness (QED) is 0.758. The van der Waals surface area contributed by atoms with E-state index in [4.69, 9.17) is 10.5 Å². The lowest BCUT2D eigenvalue weighted by molar-refractivity contribution is -0.123. The van der Waals surface area contributed by atoms with Gasteiger partial charge >= 0.3 is 0 Å². The Kier molecular flexibility index (Phi) is 4.17. The molecule has 0 bridgehead atoms. The fourth-order valence-electron chi connectivity index (χ4n) is 1.22. The second kappa shape index (κ2) is 5.39. The molecule has 0 aliphatic heterocycles. The summed E-state index contributed by atoms with van der Waals surface area (Å²) in [6.07, 6.45) is 0. The number of carbonyl (C=O) groups excluding carboxylic acids is 1. The van der Waals surface area contributed by atoms with E-state index in [1.54, 1.807) is 12.1 Å². The minimum atomic E-state index is -0.130. The van der Waals surface area contributed by atoms with Crippen LogP contribution < -0.4 is 15.8 Å². The van der Waals surface area contributed by atoms with Crippen LogP contribution >= 0.6 is 0 Å². The first-order valence-corrected chi connectivity index (χ1v) is 5.27. The second-order valence-electron chi connectivity index (χ2n) is 4.03. The summed E-state index contributed by atoms with van der Waals surface area (Å²) in [5.74, 6) is 0.483. The number of nitrogens with one attached hydrogen (secondary N) is 1. The number of nitrogen functional groups attached to an aromatic ring is 1. The molecule has 0 saturated carbocycles. The Labute approximate surface area is 95.8 Å². The number of rotatable bonds is 4. The maximum Gasteiger partial charge on any atom is 0.258 e. The normalized spacial score (nSPS) is 10.2. The van der Waals surface area contributed by atoms with Crippen molar-refractivity contribution < 1.29 is 9.53 Å². The van der Waals surface area contributed by atoms with E-state index >= 15 is 0 Å². The van der Waals surface area contributed by atoms with E-state index in [0.29, 0.717) is 11.4 Å². The highest BCUT2D eigenvalue weighted by atomic mass is 16.5. The number of benzene rings is 1. The van der Waals surface area contributed by atoms with E-state index in [0.717, 1.165) is 5.56 Å². The number of hydrogen-bond donors (Lipinski definition) is 2. The molecule has 16 heavy (non-hydrogen) atoms. The summed E-state index contributed by atoms with van der Waals surface area (Å²) < 4.78 is 5.31. The number of hydrogen-bond acceptors (Lipinski definition) is 3. The van der Waals surface area contributed by atoms with Crippen LogP contribution in [0.15, 0.2) is 18.2 Å². The third-order valence-corrected chi connectivity index (χ3v) is 2.07. The van der Waals surface area contributed by atoms with Gasteiger partial charge in [-0.25, -0.2) is 0 Å². The molecular weight excluding hydrogens is 204 g/mol. The summed E-state index contributed by atoms with van der Waals surface area (Å²) in [6.45, 7) is 5.74. The smallest absolute Gasteiger partial charge is 0.258 e. The van der Waals surface area contributed by atoms with Crippen molar-refractivity contribution in [2.24, 2.45) is 0 Å². The molecule has 0 fully saturated rings. The minimum absolute atomic E-state index is 0.0146. The number of ether oxygens (including phenoxy) is 1. The Balaban J connectivity index is 2.48. The largest absolute Gasteiger partial charge is 0.484 e. The van der Waals surface area contributed by atoms with Gasteiger partial charge in [-0.05, 0) is 32.4 Å². The van der Waals surface area contributed by atoms with Gasteiger partial charge in [0, 0.05) is 17.8 Å². The maximum atomic E-state index is 11.3. The molecule has 0 aliphatic rings. The fourth-order valence-corrected chi connectivity index (χ4v) is 1.22. The zero-order valence-corrected chi connectivity index (χ0v) is 9.91. The van der Waals surface area contributed by atoms with Crippen molar-refractivity contribution in [1.29, 1.82) is 0 Å². The van der Waals surface area contributed by atoms with Gasteiger partial charge in [-0.15, -0.1) is 0 Å². The molecule has 1 aromatic carbocycles. The highest BCUT2D eigenvalue weighted by Crippen LogP contribution is 2.18. The number of nitrogens with two attached hydrogens (primary N) is 1. The van der Waals surface area contributed by atoms with Crippen LogP contribution in [0, 0.1) is 6.92 Å². The van der Waals surface area contributed by atoms with Gasteiger partial charge < -0.3 is 15.8 Å². The fraction of sp³-hybridized carbons (Fsp3) is 0.417. The SMILES string of the molecule is Cc1ccc(OCC(=O)NC(C)C)cc1N. The first kappa shape index (κ1) is 12.4. The monoisotopic (exact) mass is 222 g/mol. The molecule has 88 valence electrons. The number of amides is 1. The molecule has 0 aromatic heterocycles. The summed E-state index contributed by atoms with van der Waals surface area (Å²) in [5.41, 5.74) is 7.39. The van der Waals surface area contributed by atoms with E-state index < -0.39 is 0 Å². The van der Waals surface area contributed by atoms with E-state index in [9.17, 15) is 4.79 Å². The molecule has 0 saturated heterocycles. The highest BCUT2D eigenvalue weighted by molar-refractivity contribution is 5.77. The summed E-state index contributed by atoms with van der Waals surface area (Å²) in [7, 11) is 0. The van der Waals surface area contributed by atoms with Gasteiger partial charge in [0.25, 0.3) is 5.91 Å². The summed E-state index contributed by atoms with van der Waals surface area (Å²) in [6, 6.07) is 5.51.